The minimum absolute atomic E-state index is 0.00562. The molecule has 1 N–H and O–H groups in total. The summed E-state index contributed by atoms with van der Waals surface area (Å²) in [5.74, 6) is -0.617. The number of aromatic amines is 1. The van der Waals surface area contributed by atoms with Gasteiger partial charge in [0.1, 0.15) is 5.56 Å². The molecule has 1 heterocycles. The molecule has 0 radical (unpaired) electrons. The van der Waals surface area contributed by atoms with E-state index < -0.39 is 5.97 Å². The zero-order valence-electron chi connectivity index (χ0n) is 10.0. The summed E-state index contributed by atoms with van der Waals surface area (Å²) in [7, 11) is 0. The first-order chi connectivity index (χ1) is 8.56. The Kier molecular flexibility index (Phi) is 3.39. The van der Waals surface area contributed by atoms with Crippen molar-refractivity contribution in [1.82, 2.24) is 4.98 Å². The van der Waals surface area contributed by atoms with E-state index in [9.17, 15) is 9.59 Å². The first kappa shape index (κ1) is 12.6. The topological polar surface area (TPSA) is 59.2 Å². The summed E-state index contributed by atoms with van der Waals surface area (Å²) < 4.78 is 4.83. The van der Waals surface area contributed by atoms with Crippen molar-refractivity contribution in [2.24, 2.45) is 0 Å². The molecule has 0 spiro atoms. The van der Waals surface area contributed by atoms with Crippen LogP contribution in [0.4, 0.5) is 0 Å². The van der Waals surface area contributed by atoms with E-state index in [1.807, 2.05) is 6.92 Å². The molecule has 0 aliphatic heterocycles. The van der Waals surface area contributed by atoms with Gasteiger partial charge in [0.15, 0.2) is 0 Å². The lowest BCUT2D eigenvalue weighted by molar-refractivity contribution is 0.0524. The monoisotopic (exact) mass is 265 g/mol. The molecule has 18 heavy (non-hydrogen) atoms. The fourth-order valence-electron chi connectivity index (χ4n) is 1.78. The molecule has 0 aliphatic rings. The maximum atomic E-state index is 12.1. The van der Waals surface area contributed by atoms with Crippen LogP contribution in [0, 0.1) is 6.92 Å². The van der Waals surface area contributed by atoms with E-state index in [0.29, 0.717) is 15.9 Å². The molecule has 0 amide bonds. The van der Waals surface area contributed by atoms with Crippen LogP contribution in [-0.4, -0.2) is 17.6 Å². The van der Waals surface area contributed by atoms with Crippen LogP contribution < -0.4 is 5.43 Å². The van der Waals surface area contributed by atoms with Gasteiger partial charge in [0.05, 0.1) is 12.1 Å². The van der Waals surface area contributed by atoms with E-state index >= 15 is 0 Å². The molecule has 1 aromatic carbocycles. The maximum Gasteiger partial charge on any atom is 0.343 e. The summed E-state index contributed by atoms with van der Waals surface area (Å²) in [6, 6.07) is 3.25. The lowest BCUT2D eigenvalue weighted by Gasteiger charge is -2.06. The minimum atomic E-state index is -0.617. The lowest BCUT2D eigenvalue weighted by Crippen LogP contribution is -2.18. The van der Waals surface area contributed by atoms with Gasteiger partial charge in [-0.05, 0) is 31.5 Å². The van der Waals surface area contributed by atoms with Crippen LogP contribution >= 0.6 is 11.6 Å². The number of nitrogens with one attached hydrogen (secondary N) is 1. The van der Waals surface area contributed by atoms with Crippen LogP contribution in [-0.2, 0) is 4.74 Å². The molecule has 0 bridgehead atoms. The smallest absolute Gasteiger partial charge is 0.343 e. The van der Waals surface area contributed by atoms with Gasteiger partial charge in [-0.25, -0.2) is 4.79 Å². The Morgan fingerprint density at radius 3 is 2.83 bits per heavy atom. The molecule has 1 aromatic heterocycles. The van der Waals surface area contributed by atoms with Gasteiger partial charge < -0.3 is 9.72 Å². The number of rotatable bonds is 2. The van der Waals surface area contributed by atoms with Crippen molar-refractivity contribution in [3.63, 3.8) is 0 Å². The van der Waals surface area contributed by atoms with Gasteiger partial charge in [-0.3, -0.25) is 4.79 Å². The summed E-state index contributed by atoms with van der Waals surface area (Å²) in [6.45, 7) is 3.73. The average molecular weight is 266 g/mol. The van der Waals surface area contributed by atoms with E-state index in [1.165, 1.54) is 6.20 Å². The summed E-state index contributed by atoms with van der Waals surface area (Å²) in [5.41, 5.74) is 1.08. The van der Waals surface area contributed by atoms with Crippen molar-refractivity contribution in [3.8, 4) is 0 Å². The van der Waals surface area contributed by atoms with Crippen molar-refractivity contribution < 1.29 is 9.53 Å². The van der Waals surface area contributed by atoms with Gasteiger partial charge in [-0.2, -0.15) is 0 Å². The number of benzene rings is 1. The highest BCUT2D eigenvalue weighted by Crippen LogP contribution is 2.21. The number of carbonyl (C=O) groups is 1. The third-order valence-corrected chi connectivity index (χ3v) is 3.15. The predicted octanol–water partition coefficient (Wildman–Crippen LogP) is 2.67. The number of halogens is 1. The molecule has 0 unspecified atom stereocenters. The fraction of sp³-hybridized carbons (Fsp3) is 0.231. The van der Waals surface area contributed by atoms with Crippen LogP contribution in [0.1, 0.15) is 22.8 Å². The summed E-state index contributed by atoms with van der Waals surface area (Å²) in [4.78, 5) is 26.7. The zero-order chi connectivity index (χ0) is 13.3. The number of esters is 1. The number of ether oxygens (including phenoxy) is 1. The number of aryl methyl sites for hydroxylation is 1. The molecular formula is C13H12ClNO3. The molecule has 0 fully saturated rings. The van der Waals surface area contributed by atoms with Gasteiger partial charge in [0.2, 0.25) is 5.43 Å². The summed E-state index contributed by atoms with van der Waals surface area (Å²) in [6.07, 6.45) is 1.37. The van der Waals surface area contributed by atoms with Crippen molar-refractivity contribution in [2.75, 3.05) is 6.61 Å². The van der Waals surface area contributed by atoms with Crippen LogP contribution in [0.25, 0.3) is 10.9 Å². The second-order valence-electron chi connectivity index (χ2n) is 3.85. The van der Waals surface area contributed by atoms with Gasteiger partial charge >= 0.3 is 5.97 Å². The quantitative estimate of drug-likeness (QED) is 0.850. The van der Waals surface area contributed by atoms with E-state index in [1.54, 1.807) is 19.1 Å². The highest BCUT2D eigenvalue weighted by Gasteiger charge is 2.15. The Hall–Kier alpha value is -1.81. The zero-order valence-corrected chi connectivity index (χ0v) is 10.8. The Balaban J connectivity index is 2.70. The van der Waals surface area contributed by atoms with Crippen LogP contribution in [0.3, 0.4) is 0 Å². The van der Waals surface area contributed by atoms with Gasteiger partial charge in [-0.1, -0.05) is 11.6 Å². The molecule has 0 aliphatic carbocycles. The second kappa shape index (κ2) is 4.82. The third kappa shape index (κ3) is 1.99. The van der Waals surface area contributed by atoms with E-state index in [-0.39, 0.29) is 17.6 Å². The van der Waals surface area contributed by atoms with Crippen LogP contribution in [0.15, 0.2) is 23.1 Å². The first-order valence-electron chi connectivity index (χ1n) is 5.54. The van der Waals surface area contributed by atoms with Gasteiger partial charge in [-0.15, -0.1) is 0 Å². The van der Waals surface area contributed by atoms with Crippen LogP contribution in [0.2, 0.25) is 5.02 Å². The first-order valence-corrected chi connectivity index (χ1v) is 5.91. The molecule has 0 atom stereocenters. The molecule has 2 aromatic rings. The normalized spacial score (nSPS) is 10.6. The standard InChI is InChI=1S/C13H12ClNO3/c1-3-18-13(17)9-6-15-11-7(2)10(14)5-4-8(11)12(9)16/h4-6H,3H2,1-2H3,(H,15,16). The second-order valence-corrected chi connectivity index (χ2v) is 4.25. The number of pyridine rings is 1. The predicted molar refractivity (Wildman–Crippen MR) is 70.3 cm³/mol. The molecule has 2 rings (SSSR count). The number of aromatic nitrogens is 1. The van der Waals surface area contributed by atoms with E-state index in [2.05, 4.69) is 4.98 Å². The largest absolute Gasteiger partial charge is 0.462 e. The Morgan fingerprint density at radius 2 is 2.17 bits per heavy atom. The molecule has 0 saturated carbocycles. The highest BCUT2D eigenvalue weighted by molar-refractivity contribution is 6.32. The molecule has 0 saturated heterocycles. The molecular weight excluding hydrogens is 254 g/mol. The summed E-state index contributed by atoms with van der Waals surface area (Å²) in [5, 5.41) is 1.00. The van der Waals surface area contributed by atoms with E-state index in [4.69, 9.17) is 16.3 Å². The highest BCUT2D eigenvalue weighted by atomic mass is 35.5. The number of fused-ring (bicyclic) bond motifs is 1. The van der Waals surface area contributed by atoms with Crippen molar-refractivity contribution in [2.45, 2.75) is 13.8 Å². The third-order valence-electron chi connectivity index (χ3n) is 2.74. The minimum Gasteiger partial charge on any atom is -0.462 e. The summed E-state index contributed by atoms with van der Waals surface area (Å²) >= 11 is 5.98. The van der Waals surface area contributed by atoms with Crippen LogP contribution in [0.5, 0.6) is 0 Å². The molecule has 4 nitrogen and oxygen atoms in total. The maximum absolute atomic E-state index is 12.1. The Morgan fingerprint density at radius 1 is 1.44 bits per heavy atom. The van der Waals surface area contributed by atoms with Crippen molar-refractivity contribution >= 4 is 28.5 Å². The number of carbonyl (C=O) groups excluding carboxylic acids is 1. The Bertz CT molecular complexity index is 676. The molecule has 94 valence electrons. The fourth-order valence-corrected chi connectivity index (χ4v) is 1.93. The lowest BCUT2D eigenvalue weighted by atomic mass is 10.1. The van der Waals surface area contributed by atoms with Gasteiger partial charge in [0, 0.05) is 16.6 Å². The van der Waals surface area contributed by atoms with Crippen molar-refractivity contribution in [3.05, 3.63) is 44.7 Å². The van der Waals surface area contributed by atoms with Gasteiger partial charge in [0.25, 0.3) is 0 Å². The molecule has 5 heteroatoms. The Labute approximate surface area is 109 Å². The number of hydrogen-bond acceptors (Lipinski definition) is 3. The number of hydrogen-bond donors (Lipinski definition) is 1. The van der Waals surface area contributed by atoms with E-state index in [0.717, 1.165) is 5.56 Å². The SMILES string of the molecule is CCOC(=O)c1c[nH]c2c(C)c(Cl)ccc2c1=O. The number of H-pyrrole nitrogens is 1. The average Bonchev–Trinajstić information content (AvgIpc) is 2.34. The van der Waals surface area contributed by atoms with Crippen molar-refractivity contribution in [1.29, 1.82) is 0 Å².